The standard InChI is InChI=1S/C9H12N2.2ClH/c10-9-3-1-2-7-4-5-11-6-8(7)9;;/h4-6,9H,1-3,10H2;2*1H/t9-;;/m1../s1. The van der Waals surface area contributed by atoms with Crippen molar-refractivity contribution in [2.45, 2.75) is 25.3 Å². The van der Waals surface area contributed by atoms with Gasteiger partial charge in [-0.05, 0) is 36.5 Å². The second-order valence-electron chi connectivity index (χ2n) is 3.07. The number of aromatic nitrogens is 1. The van der Waals surface area contributed by atoms with Gasteiger partial charge in [0, 0.05) is 18.4 Å². The second-order valence-corrected chi connectivity index (χ2v) is 3.07. The van der Waals surface area contributed by atoms with Crippen LogP contribution < -0.4 is 5.73 Å². The van der Waals surface area contributed by atoms with E-state index in [1.54, 1.807) is 0 Å². The molecule has 74 valence electrons. The highest BCUT2D eigenvalue weighted by Gasteiger charge is 2.15. The van der Waals surface area contributed by atoms with Gasteiger partial charge >= 0.3 is 0 Å². The SMILES string of the molecule is Cl.Cl.N[C@@H]1CCCc2ccncc21. The molecule has 0 saturated carbocycles. The van der Waals surface area contributed by atoms with Crippen LogP contribution in [0.3, 0.4) is 0 Å². The van der Waals surface area contributed by atoms with E-state index in [9.17, 15) is 0 Å². The van der Waals surface area contributed by atoms with Crippen molar-refractivity contribution >= 4 is 24.8 Å². The number of nitrogens with two attached hydrogens (primary N) is 1. The van der Waals surface area contributed by atoms with E-state index >= 15 is 0 Å². The lowest BCUT2D eigenvalue weighted by Gasteiger charge is -2.20. The molecular weight excluding hydrogens is 207 g/mol. The molecule has 1 heterocycles. The molecule has 0 fully saturated rings. The highest BCUT2D eigenvalue weighted by atomic mass is 35.5. The lowest BCUT2D eigenvalue weighted by Crippen LogP contribution is -2.17. The van der Waals surface area contributed by atoms with Gasteiger partial charge in [0.05, 0.1) is 0 Å². The minimum Gasteiger partial charge on any atom is -0.324 e. The van der Waals surface area contributed by atoms with Gasteiger partial charge in [-0.3, -0.25) is 4.98 Å². The molecule has 1 aliphatic rings. The fourth-order valence-corrected chi connectivity index (χ4v) is 1.66. The minimum atomic E-state index is 0. The molecular formula is C9H14Cl2N2. The van der Waals surface area contributed by atoms with E-state index in [1.165, 1.54) is 24.0 Å². The molecule has 2 nitrogen and oxygen atoms in total. The topological polar surface area (TPSA) is 38.9 Å². The van der Waals surface area contributed by atoms with E-state index in [1.807, 2.05) is 12.4 Å². The van der Waals surface area contributed by atoms with Gasteiger partial charge < -0.3 is 5.73 Å². The van der Waals surface area contributed by atoms with Crippen LogP contribution in [0.5, 0.6) is 0 Å². The van der Waals surface area contributed by atoms with Crippen LogP contribution in [-0.4, -0.2) is 4.98 Å². The normalized spacial score (nSPS) is 19.3. The Morgan fingerprint density at radius 2 is 2.15 bits per heavy atom. The van der Waals surface area contributed by atoms with Crippen LogP contribution >= 0.6 is 24.8 Å². The van der Waals surface area contributed by atoms with Crippen molar-refractivity contribution in [3.05, 3.63) is 29.6 Å². The maximum absolute atomic E-state index is 5.91. The molecule has 0 radical (unpaired) electrons. The van der Waals surface area contributed by atoms with Gasteiger partial charge in [0.2, 0.25) is 0 Å². The average Bonchev–Trinajstić information content (AvgIpc) is 2.06. The van der Waals surface area contributed by atoms with Crippen LogP contribution in [-0.2, 0) is 6.42 Å². The summed E-state index contributed by atoms with van der Waals surface area (Å²) in [6, 6.07) is 2.31. The Kier molecular flexibility index (Phi) is 5.30. The van der Waals surface area contributed by atoms with Crippen molar-refractivity contribution in [1.82, 2.24) is 4.98 Å². The first-order valence-electron chi connectivity index (χ1n) is 4.06. The molecule has 0 saturated heterocycles. The number of pyridine rings is 1. The van der Waals surface area contributed by atoms with Crippen LogP contribution in [0.15, 0.2) is 18.5 Å². The van der Waals surface area contributed by atoms with Gasteiger partial charge in [0.1, 0.15) is 0 Å². The summed E-state index contributed by atoms with van der Waals surface area (Å²) in [4.78, 5) is 4.07. The zero-order valence-corrected chi connectivity index (χ0v) is 8.90. The fraction of sp³-hybridized carbons (Fsp3) is 0.444. The highest BCUT2D eigenvalue weighted by molar-refractivity contribution is 5.85. The molecule has 1 aliphatic carbocycles. The zero-order valence-electron chi connectivity index (χ0n) is 7.27. The molecule has 2 N–H and O–H groups in total. The van der Waals surface area contributed by atoms with Crippen molar-refractivity contribution in [3.8, 4) is 0 Å². The Balaban J connectivity index is 0.000000720. The number of halogens is 2. The summed E-state index contributed by atoms with van der Waals surface area (Å²) in [6.45, 7) is 0. The summed E-state index contributed by atoms with van der Waals surface area (Å²) < 4.78 is 0. The summed E-state index contributed by atoms with van der Waals surface area (Å²) in [5.74, 6) is 0. The predicted octanol–water partition coefficient (Wildman–Crippen LogP) is 2.26. The lowest BCUT2D eigenvalue weighted by molar-refractivity contribution is 0.568. The van der Waals surface area contributed by atoms with E-state index in [2.05, 4.69) is 11.1 Å². The molecule has 1 aromatic heterocycles. The Bertz CT molecular complexity index is 266. The van der Waals surface area contributed by atoms with Crippen LogP contribution in [0.4, 0.5) is 0 Å². The monoisotopic (exact) mass is 220 g/mol. The van der Waals surface area contributed by atoms with Crippen LogP contribution in [0.2, 0.25) is 0 Å². The van der Waals surface area contributed by atoms with Crippen LogP contribution in [0, 0.1) is 0 Å². The van der Waals surface area contributed by atoms with Gasteiger partial charge in [-0.15, -0.1) is 24.8 Å². The third-order valence-electron chi connectivity index (χ3n) is 2.31. The molecule has 0 spiro atoms. The fourth-order valence-electron chi connectivity index (χ4n) is 1.66. The Morgan fingerprint density at radius 3 is 2.85 bits per heavy atom. The number of rotatable bonds is 0. The molecule has 0 amide bonds. The van der Waals surface area contributed by atoms with Crippen molar-refractivity contribution < 1.29 is 0 Å². The molecule has 0 bridgehead atoms. The molecule has 13 heavy (non-hydrogen) atoms. The van der Waals surface area contributed by atoms with E-state index in [4.69, 9.17) is 5.73 Å². The highest BCUT2D eigenvalue weighted by Crippen LogP contribution is 2.26. The smallest absolute Gasteiger partial charge is 0.0318 e. The number of fused-ring (bicyclic) bond motifs is 1. The molecule has 2 rings (SSSR count). The molecule has 0 aliphatic heterocycles. The maximum atomic E-state index is 5.91. The Labute approximate surface area is 90.8 Å². The van der Waals surface area contributed by atoms with Crippen molar-refractivity contribution in [3.63, 3.8) is 0 Å². The molecule has 4 heteroatoms. The molecule has 0 aromatic carbocycles. The van der Waals surface area contributed by atoms with Gasteiger partial charge in [-0.1, -0.05) is 0 Å². The Hall–Kier alpha value is -0.310. The third-order valence-corrected chi connectivity index (χ3v) is 2.31. The van der Waals surface area contributed by atoms with E-state index < -0.39 is 0 Å². The minimum absolute atomic E-state index is 0. The first-order valence-corrected chi connectivity index (χ1v) is 4.06. The number of hydrogen-bond donors (Lipinski definition) is 1. The van der Waals surface area contributed by atoms with E-state index in [0.717, 1.165) is 6.42 Å². The average molecular weight is 221 g/mol. The lowest BCUT2D eigenvalue weighted by atomic mass is 9.90. The van der Waals surface area contributed by atoms with Crippen LogP contribution in [0.25, 0.3) is 0 Å². The summed E-state index contributed by atoms with van der Waals surface area (Å²) in [7, 11) is 0. The van der Waals surface area contributed by atoms with Crippen molar-refractivity contribution in [2.75, 3.05) is 0 Å². The second kappa shape index (κ2) is 5.43. The zero-order chi connectivity index (χ0) is 7.68. The number of nitrogens with zero attached hydrogens (tertiary/aromatic N) is 1. The van der Waals surface area contributed by atoms with Gasteiger partial charge in [-0.2, -0.15) is 0 Å². The Morgan fingerprint density at radius 1 is 1.38 bits per heavy atom. The first-order chi connectivity index (χ1) is 5.38. The van der Waals surface area contributed by atoms with E-state index in [-0.39, 0.29) is 30.9 Å². The quantitative estimate of drug-likeness (QED) is 0.729. The summed E-state index contributed by atoms with van der Waals surface area (Å²) in [5.41, 5.74) is 8.54. The number of hydrogen-bond acceptors (Lipinski definition) is 2. The van der Waals surface area contributed by atoms with Crippen LogP contribution in [0.1, 0.15) is 30.0 Å². The molecule has 1 atom stereocenters. The van der Waals surface area contributed by atoms with Gasteiger partial charge in [0.15, 0.2) is 0 Å². The molecule has 1 aromatic rings. The predicted molar refractivity (Wildman–Crippen MR) is 58.6 cm³/mol. The largest absolute Gasteiger partial charge is 0.324 e. The summed E-state index contributed by atoms with van der Waals surface area (Å²) in [5, 5.41) is 0. The number of aryl methyl sites for hydroxylation is 1. The summed E-state index contributed by atoms with van der Waals surface area (Å²) in [6.07, 6.45) is 7.25. The van der Waals surface area contributed by atoms with Crippen molar-refractivity contribution in [2.24, 2.45) is 5.73 Å². The van der Waals surface area contributed by atoms with E-state index in [0.29, 0.717) is 0 Å². The first kappa shape index (κ1) is 12.7. The van der Waals surface area contributed by atoms with Gasteiger partial charge in [0.25, 0.3) is 0 Å². The third kappa shape index (κ3) is 2.56. The van der Waals surface area contributed by atoms with Crippen molar-refractivity contribution in [1.29, 1.82) is 0 Å². The summed E-state index contributed by atoms with van der Waals surface area (Å²) >= 11 is 0. The maximum Gasteiger partial charge on any atom is 0.0318 e. The molecule has 0 unspecified atom stereocenters. The van der Waals surface area contributed by atoms with Gasteiger partial charge in [-0.25, -0.2) is 0 Å².